The lowest BCUT2D eigenvalue weighted by Gasteiger charge is -2.57. The van der Waals surface area contributed by atoms with Crippen LogP contribution in [-0.2, 0) is 23.0 Å². The van der Waals surface area contributed by atoms with Gasteiger partial charge in [0.1, 0.15) is 11.9 Å². The molecule has 0 spiro atoms. The summed E-state index contributed by atoms with van der Waals surface area (Å²) in [5.74, 6) is 3.96. The molecule has 34 heavy (non-hydrogen) atoms. The lowest BCUT2D eigenvalue weighted by molar-refractivity contribution is -0.137. The van der Waals surface area contributed by atoms with Crippen LogP contribution < -0.4 is 0 Å². The van der Waals surface area contributed by atoms with Crippen LogP contribution in [0.5, 0.6) is 0 Å². The molecule has 0 unspecified atom stereocenters. The van der Waals surface area contributed by atoms with E-state index in [1.807, 2.05) is 14.0 Å². The van der Waals surface area contributed by atoms with Crippen molar-refractivity contribution in [3.63, 3.8) is 0 Å². The Labute approximate surface area is 204 Å². The first-order chi connectivity index (χ1) is 16.3. The Balaban J connectivity index is 1.27. The minimum absolute atomic E-state index is 0.103. The van der Waals surface area contributed by atoms with E-state index < -0.39 is 5.60 Å². The molecular weight excluding hydrogens is 426 g/mol. The number of ether oxygens (including phenoxy) is 1. The zero-order valence-corrected chi connectivity index (χ0v) is 21.1. The molecule has 4 fully saturated rings. The van der Waals surface area contributed by atoms with Crippen LogP contribution in [0.2, 0.25) is 0 Å². The Bertz CT molecular complexity index is 967. The lowest BCUT2D eigenvalue weighted by atomic mass is 9.49. The van der Waals surface area contributed by atoms with Gasteiger partial charge in [-0.25, -0.2) is 0 Å². The van der Waals surface area contributed by atoms with E-state index in [0.717, 1.165) is 55.6 Å². The molecule has 8 atom stereocenters. The van der Waals surface area contributed by atoms with Crippen LogP contribution >= 0.6 is 0 Å². The van der Waals surface area contributed by atoms with Crippen molar-refractivity contribution in [3.05, 3.63) is 17.5 Å². The van der Waals surface area contributed by atoms with E-state index in [-0.39, 0.29) is 11.3 Å². The maximum absolute atomic E-state index is 13.5. The van der Waals surface area contributed by atoms with Gasteiger partial charge >= 0.3 is 0 Å². The van der Waals surface area contributed by atoms with E-state index in [0.29, 0.717) is 42.9 Å². The van der Waals surface area contributed by atoms with Gasteiger partial charge in [-0.1, -0.05) is 6.92 Å². The first-order valence-corrected chi connectivity index (χ1v) is 13.5. The molecule has 1 N–H and O–H groups in total. The number of carbonyl (C=O) groups excluding carboxylic acids is 1. The van der Waals surface area contributed by atoms with Crippen LogP contribution in [0.3, 0.4) is 0 Å². The van der Waals surface area contributed by atoms with Gasteiger partial charge < -0.3 is 9.84 Å². The molecule has 186 valence electrons. The van der Waals surface area contributed by atoms with E-state index in [9.17, 15) is 9.90 Å². The fourth-order valence-electron chi connectivity index (χ4n) is 8.94. The number of rotatable bonds is 6. The Hall–Kier alpha value is -1.71. The summed E-state index contributed by atoms with van der Waals surface area (Å²) in [6.45, 7) is 5.56. The van der Waals surface area contributed by atoms with Gasteiger partial charge in [0.05, 0.1) is 12.2 Å². The summed E-state index contributed by atoms with van der Waals surface area (Å²) in [6, 6.07) is 3.85. The van der Waals surface area contributed by atoms with E-state index in [2.05, 4.69) is 18.1 Å². The number of aryl methyl sites for hydroxylation is 1. The average Bonchev–Trinajstić information content (AvgIpc) is 3.36. The Morgan fingerprint density at radius 3 is 2.74 bits per heavy atom. The molecular formula is C28H41N3O3. The summed E-state index contributed by atoms with van der Waals surface area (Å²) in [4.78, 5) is 13.5. The van der Waals surface area contributed by atoms with Crippen LogP contribution in [0.25, 0.3) is 0 Å². The first kappa shape index (κ1) is 24.0. The highest BCUT2D eigenvalue weighted by Crippen LogP contribution is 2.64. The van der Waals surface area contributed by atoms with Crippen molar-refractivity contribution in [2.75, 3.05) is 13.2 Å². The Morgan fingerprint density at radius 2 is 2.00 bits per heavy atom. The topological polar surface area (TPSA) is 88.1 Å². The number of fused-ring (bicyclic) bond motifs is 5. The standard InChI is InChI=1S/C28H41N3O3/c1-4-34-17-28(33)12-10-21-18(15-28)5-6-23-22(21)9-11-27(2)24(23)7-8-25(27)26(32)14-20-13-19(16-29)30-31(20)3/h13,18,21-25,33H,4-12,14-15,17H2,1-3H3/t18-,21+,22-,23-,24+,25-,27+,28-/m1/s1. The van der Waals surface area contributed by atoms with Crippen molar-refractivity contribution in [2.45, 2.75) is 83.7 Å². The summed E-state index contributed by atoms with van der Waals surface area (Å²) >= 11 is 0. The van der Waals surface area contributed by atoms with Gasteiger partial charge in [-0.05, 0) is 106 Å². The van der Waals surface area contributed by atoms with Gasteiger partial charge in [-0.2, -0.15) is 10.4 Å². The number of carbonyl (C=O) groups is 1. The van der Waals surface area contributed by atoms with Gasteiger partial charge in [0.2, 0.25) is 0 Å². The number of nitriles is 1. The third-order valence-corrected chi connectivity index (χ3v) is 10.5. The molecule has 6 nitrogen and oxygen atoms in total. The predicted molar refractivity (Wildman–Crippen MR) is 129 cm³/mol. The third-order valence-electron chi connectivity index (χ3n) is 10.5. The summed E-state index contributed by atoms with van der Waals surface area (Å²) in [6.07, 6.45) is 10.3. The summed E-state index contributed by atoms with van der Waals surface area (Å²) in [7, 11) is 1.83. The van der Waals surface area contributed by atoms with Crippen LogP contribution in [0.4, 0.5) is 0 Å². The summed E-state index contributed by atoms with van der Waals surface area (Å²) < 4.78 is 7.31. The van der Waals surface area contributed by atoms with Crippen LogP contribution in [0, 0.1) is 52.3 Å². The van der Waals surface area contributed by atoms with Gasteiger partial charge in [0.25, 0.3) is 0 Å². The number of nitrogens with zero attached hydrogens (tertiary/aromatic N) is 3. The highest BCUT2D eigenvalue weighted by molar-refractivity contribution is 5.84. The summed E-state index contributed by atoms with van der Waals surface area (Å²) in [5, 5.41) is 24.4. The molecule has 4 aliphatic rings. The quantitative estimate of drug-likeness (QED) is 0.668. The Morgan fingerprint density at radius 1 is 1.21 bits per heavy atom. The van der Waals surface area contributed by atoms with Crippen LogP contribution in [-0.4, -0.2) is 39.5 Å². The van der Waals surface area contributed by atoms with Crippen LogP contribution in [0.15, 0.2) is 6.07 Å². The normalized spacial score (nSPS) is 41.3. The van der Waals surface area contributed by atoms with Gasteiger partial charge in [-0.3, -0.25) is 9.48 Å². The number of Topliss-reactive ketones (excluding diaryl/α,β-unsaturated/α-hetero) is 1. The van der Waals surface area contributed by atoms with E-state index in [1.54, 1.807) is 10.7 Å². The maximum atomic E-state index is 13.5. The van der Waals surface area contributed by atoms with E-state index in [4.69, 9.17) is 10.00 Å². The SMILES string of the molecule is CCOC[C@@]1(O)CC[C@H]2[C@H](CC[C@@H]3[C@@H]2CC[C@]2(C)[C@@H](C(=O)Cc4cc(C#N)nn4C)CC[C@@H]32)C1. The third kappa shape index (κ3) is 4.03. The van der Waals surface area contributed by atoms with Gasteiger partial charge in [-0.15, -0.1) is 0 Å². The largest absolute Gasteiger partial charge is 0.387 e. The number of hydrogen-bond acceptors (Lipinski definition) is 5. The molecule has 0 amide bonds. The zero-order chi connectivity index (χ0) is 24.1. The highest BCUT2D eigenvalue weighted by Gasteiger charge is 2.59. The molecule has 0 aromatic carbocycles. The van der Waals surface area contributed by atoms with E-state index >= 15 is 0 Å². The second-order valence-corrected chi connectivity index (χ2v) is 12.1. The molecule has 0 saturated heterocycles. The van der Waals surface area contributed by atoms with Crippen molar-refractivity contribution in [3.8, 4) is 6.07 Å². The second kappa shape index (κ2) is 9.06. The van der Waals surface area contributed by atoms with Crippen molar-refractivity contribution < 1.29 is 14.6 Å². The molecule has 6 heteroatoms. The summed E-state index contributed by atoms with van der Waals surface area (Å²) in [5.41, 5.74) is 0.713. The second-order valence-electron chi connectivity index (χ2n) is 12.1. The average molecular weight is 468 g/mol. The van der Waals surface area contributed by atoms with Crippen molar-refractivity contribution in [2.24, 2.45) is 48.0 Å². The van der Waals surface area contributed by atoms with Crippen LogP contribution in [0.1, 0.15) is 83.0 Å². The van der Waals surface area contributed by atoms with Gasteiger partial charge in [0, 0.05) is 31.7 Å². The maximum Gasteiger partial charge on any atom is 0.162 e. The Kier molecular flexibility index (Phi) is 6.40. The monoisotopic (exact) mass is 467 g/mol. The molecule has 4 saturated carbocycles. The number of hydrogen-bond donors (Lipinski definition) is 1. The van der Waals surface area contributed by atoms with Crippen molar-refractivity contribution >= 4 is 5.78 Å². The first-order valence-electron chi connectivity index (χ1n) is 13.5. The highest BCUT2D eigenvalue weighted by atomic mass is 16.5. The molecule has 0 bridgehead atoms. The smallest absolute Gasteiger partial charge is 0.162 e. The van der Waals surface area contributed by atoms with E-state index in [1.165, 1.54) is 25.7 Å². The van der Waals surface area contributed by atoms with Gasteiger partial charge in [0.15, 0.2) is 5.69 Å². The molecule has 1 aromatic rings. The fraction of sp³-hybridized carbons (Fsp3) is 0.821. The number of aromatic nitrogens is 2. The lowest BCUT2D eigenvalue weighted by Crippen LogP contribution is -2.52. The fourth-order valence-corrected chi connectivity index (χ4v) is 8.94. The molecule has 0 aliphatic heterocycles. The molecule has 1 aromatic heterocycles. The predicted octanol–water partition coefficient (Wildman–Crippen LogP) is 4.44. The zero-order valence-electron chi connectivity index (χ0n) is 21.1. The number of ketones is 1. The minimum Gasteiger partial charge on any atom is -0.387 e. The van der Waals surface area contributed by atoms with Crippen molar-refractivity contribution in [1.29, 1.82) is 5.26 Å². The number of aliphatic hydroxyl groups is 1. The minimum atomic E-state index is -0.630. The molecule has 0 radical (unpaired) electrons. The van der Waals surface area contributed by atoms with Crippen molar-refractivity contribution in [1.82, 2.24) is 9.78 Å². The molecule has 5 rings (SSSR count). The molecule has 4 aliphatic carbocycles. The molecule has 1 heterocycles.